The van der Waals surface area contributed by atoms with E-state index in [1.807, 2.05) is 31.2 Å². The standard InChI is InChI=1S/C35H31N3O7/c1-19-16-35(19,32(43)44-18-36)17-33(2,3)34(4,5)20-6-10-22(11-7-20)45-23-12-8-21(9-13-23)38-30(41)26-14-24-25(15-27(26)31(38)42)29(40)37-28(24)39/h6-15,19H,16-17H2,1-5H3,(H,37,39,40). The maximum Gasteiger partial charge on any atom is 0.328 e. The number of hydrogen-bond acceptors (Lipinski definition) is 8. The molecule has 0 bridgehead atoms. The fourth-order valence-corrected chi connectivity index (χ4v) is 6.51. The highest BCUT2D eigenvalue weighted by Gasteiger charge is 2.62. The summed E-state index contributed by atoms with van der Waals surface area (Å²) in [4.78, 5) is 65.1. The summed E-state index contributed by atoms with van der Waals surface area (Å²) in [5, 5.41) is 9.17. The number of H-pyrrole nitrogens is 1. The molecule has 1 saturated carbocycles. The number of nitrogens with zero attached hydrogens (tertiary/aromatic N) is 2. The van der Waals surface area contributed by atoms with E-state index in [0.29, 0.717) is 30.0 Å². The van der Waals surface area contributed by atoms with E-state index in [1.165, 1.54) is 18.4 Å². The SMILES string of the molecule is CC1CC1(CC(C)(C)C(C)(C)c1ccc(Oc2ccc(-n3c(=O)c4cc5c(=O)[nH]c(=O)c5cc4c3=O)cc2)cc1)C(=O)OC#N. The van der Waals surface area contributed by atoms with Crippen LogP contribution in [0.15, 0.2) is 79.8 Å². The Morgan fingerprint density at radius 1 is 0.889 bits per heavy atom. The van der Waals surface area contributed by atoms with Crippen molar-refractivity contribution in [1.82, 2.24) is 9.55 Å². The van der Waals surface area contributed by atoms with Gasteiger partial charge in [-0.05, 0) is 83.7 Å². The monoisotopic (exact) mass is 605 g/mol. The summed E-state index contributed by atoms with van der Waals surface area (Å²) in [5.41, 5.74) is -2.26. The van der Waals surface area contributed by atoms with Crippen molar-refractivity contribution in [3.8, 4) is 23.4 Å². The van der Waals surface area contributed by atoms with E-state index in [1.54, 1.807) is 24.3 Å². The predicted octanol–water partition coefficient (Wildman–Crippen LogP) is 4.96. The third-order valence-electron chi connectivity index (χ3n) is 10.1. The van der Waals surface area contributed by atoms with Crippen LogP contribution < -0.4 is 27.0 Å². The van der Waals surface area contributed by atoms with Gasteiger partial charge in [0.15, 0.2) is 0 Å². The lowest BCUT2D eigenvalue weighted by atomic mass is 9.60. The zero-order valence-corrected chi connectivity index (χ0v) is 25.5. The van der Waals surface area contributed by atoms with E-state index in [-0.39, 0.29) is 38.3 Å². The van der Waals surface area contributed by atoms with Gasteiger partial charge in [-0.2, -0.15) is 0 Å². The highest BCUT2D eigenvalue weighted by Crippen LogP contribution is 2.62. The molecule has 10 nitrogen and oxygen atoms in total. The van der Waals surface area contributed by atoms with Crippen molar-refractivity contribution in [2.24, 2.45) is 16.7 Å². The largest absolute Gasteiger partial charge is 0.457 e. The van der Waals surface area contributed by atoms with Gasteiger partial charge in [0.25, 0.3) is 28.5 Å². The molecule has 5 aromatic rings. The first-order chi connectivity index (χ1) is 21.2. The molecule has 1 aliphatic carbocycles. The number of carbonyl (C=O) groups excluding carboxylic acids is 1. The summed E-state index contributed by atoms with van der Waals surface area (Å²) >= 11 is 0. The quantitative estimate of drug-likeness (QED) is 0.193. The molecule has 2 unspecified atom stereocenters. The van der Waals surface area contributed by atoms with Gasteiger partial charge in [-0.25, -0.2) is 4.57 Å². The molecule has 1 N–H and O–H groups in total. The summed E-state index contributed by atoms with van der Waals surface area (Å²) in [6.45, 7) is 10.5. The van der Waals surface area contributed by atoms with E-state index in [9.17, 15) is 24.0 Å². The Balaban J connectivity index is 1.21. The molecule has 2 atom stereocenters. The first-order valence-electron chi connectivity index (χ1n) is 14.6. The van der Waals surface area contributed by atoms with Crippen LogP contribution in [0.5, 0.6) is 11.5 Å². The number of fused-ring (bicyclic) bond motifs is 2. The van der Waals surface area contributed by atoms with Crippen LogP contribution in [0.1, 0.15) is 53.0 Å². The van der Waals surface area contributed by atoms with Crippen LogP contribution >= 0.6 is 0 Å². The lowest BCUT2D eigenvalue weighted by molar-refractivity contribution is -0.145. The number of ether oxygens (including phenoxy) is 2. The Bertz CT molecular complexity index is 2170. The van der Waals surface area contributed by atoms with Gasteiger partial charge in [-0.15, -0.1) is 5.26 Å². The molecule has 2 aromatic heterocycles. The summed E-state index contributed by atoms with van der Waals surface area (Å²) in [7, 11) is 0. The predicted molar refractivity (Wildman–Crippen MR) is 168 cm³/mol. The fraction of sp³-hybridized carbons (Fsp3) is 0.314. The van der Waals surface area contributed by atoms with Gasteiger partial charge in [-0.3, -0.25) is 29.0 Å². The Morgan fingerprint density at radius 2 is 1.38 bits per heavy atom. The maximum absolute atomic E-state index is 13.1. The number of hydrogen-bond donors (Lipinski definition) is 1. The highest BCUT2D eigenvalue weighted by molar-refractivity contribution is 5.98. The Hall–Kier alpha value is -5.30. The number of benzene rings is 3. The Morgan fingerprint density at radius 3 is 1.84 bits per heavy atom. The number of aromatic amines is 1. The van der Waals surface area contributed by atoms with Gasteiger partial charge in [0.2, 0.25) is 0 Å². The Kier molecular flexibility index (Phi) is 6.70. The lowest BCUT2D eigenvalue weighted by Crippen LogP contribution is -2.40. The van der Waals surface area contributed by atoms with Crippen LogP contribution in [0.25, 0.3) is 27.2 Å². The number of nitrogens with one attached hydrogen (secondary N) is 1. The van der Waals surface area contributed by atoms with Crippen molar-refractivity contribution in [3.63, 3.8) is 0 Å². The molecule has 1 aliphatic rings. The summed E-state index contributed by atoms with van der Waals surface area (Å²) in [6, 6.07) is 16.8. The summed E-state index contributed by atoms with van der Waals surface area (Å²) < 4.78 is 11.8. The number of carbonyl (C=O) groups is 1. The normalized spacial score (nSPS) is 18.2. The molecule has 10 heteroatoms. The molecule has 6 rings (SSSR count). The van der Waals surface area contributed by atoms with E-state index >= 15 is 0 Å². The minimum absolute atomic E-state index is 0.0685. The summed E-state index contributed by atoms with van der Waals surface area (Å²) in [6.07, 6.45) is 2.82. The van der Waals surface area contributed by atoms with Crippen LogP contribution in [0.3, 0.4) is 0 Å². The molecule has 0 amide bonds. The molecule has 0 saturated heterocycles. The third-order valence-corrected chi connectivity index (χ3v) is 10.1. The van der Waals surface area contributed by atoms with Crippen molar-refractivity contribution in [3.05, 3.63) is 108 Å². The number of nitriles is 1. The maximum atomic E-state index is 13.1. The Labute approximate surface area is 257 Å². The zero-order valence-electron chi connectivity index (χ0n) is 25.5. The second-order valence-electron chi connectivity index (χ2n) is 13.2. The van der Waals surface area contributed by atoms with Gasteiger partial charge in [0.1, 0.15) is 11.5 Å². The van der Waals surface area contributed by atoms with Crippen molar-refractivity contribution in [1.29, 1.82) is 5.26 Å². The zero-order chi connectivity index (χ0) is 32.5. The third kappa shape index (κ3) is 4.67. The van der Waals surface area contributed by atoms with Gasteiger partial charge < -0.3 is 9.47 Å². The topological polar surface area (TPSA) is 148 Å². The van der Waals surface area contributed by atoms with Gasteiger partial charge in [0.05, 0.1) is 32.6 Å². The molecule has 0 radical (unpaired) electrons. The van der Waals surface area contributed by atoms with Crippen molar-refractivity contribution < 1.29 is 14.3 Å². The number of rotatable bonds is 8. The van der Waals surface area contributed by atoms with E-state index in [2.05, 4.69) is 32.7 Å². The number of aromatic nitrogens is 2. The minimum atomic E-state index is -0.644. The average molecular weight is 606 g/mol. The molecule has 2 heterocycles. The minimum Gasteiger partial charge on any atom is -0.457 e. The van der Waals surface area contributed by atoms with Crippen LogP contribution in [0, 0.1) is 28.3 Å². The molecular weight excluding hydrogens is 574 g/mol. The summed E-state index contributed by atoms with van der Waals surface area (Å²) in [5.74, 6) is 0.781. The van der Waals surface area contributed by atoms with E-state index < -0.39 is 33.6 Å². The van der Waals surface area contributed by atoms with Crippen molar-refractivity contribution >= 4 is 27.5 Å². The molecule has 3 aromatic carbocycles. The van der Waals surface area contributed by atoms with Crippen molar-refractivity contribution in [2.75, 3.05) is 0 Å². The van der Waals surface area contributed by atoms with Crippen LogP contribution in [-0.4, -0.2) is 15.5 Å². The molecule has 45 heavy (non-hydrogen) atoms. The first kappa shape index (κ1) is 29.8. The van der Waals surface area contributed by atoms with Gasteiger partial charge in [-0.1, -0.05) is 46.8 Å². The van der Waals surface area contributed by atoms with Gasteiger partial charge >= 0.3 is 5.97 Å². The van der Waals surface area contributed by atoms with Crippen LogP contribution in [0.4, 0.5) is 0 Å². The van der Waals surface area contributed by atoms with E-state index in [0.717, 1.165) is 10.1 Å². The highest BCUT2D eigenvalue weighted by atomic mass is 16.5. The smallest absolute Gasteiger partial charge is 0.328 e. The molecule has 0 aliphatic heterocycles. The molecular formula is C35H31N3O7. The van der Waals surface area contributed by atoms with Crippen LogP contribution in [0.2, 0.25) is 0 Å². The molecule has 228 valence electrons. The van der Waals surface area contributed by atoms with E-state index in [4.69, 9.17) is 14.7 Å². The average Bonchev–Trinajstić information content (AvgIpc) is 3.46. The molecule has 1 fully saturated rings. The second kappa shape index (κ2) is 10.1. The molecule has 0 spiro atoms. The number of esters is 1. The first-order valence-corrected chi connectivity index (χ1v) is 14.6. The fourth-order valence-electron chi connectivity index (χ4n) is 6.51. The van der Waals surface area contributed by atoms with Crippen LogP contribution in [-0.2, 0) is 14.9 Å². The van der Waals surface area contributed by atoms with Crippen molar-refractivity contribution in [2.45, 2.75) is 52.9 Å². The lowest BCUT2D eigenvalue weighted by Gasteiger charge is -2.44. The van der Waals surface area contributed by atoms with Gasteiger partial charge in [0, 0.05) is 0 Å². The second-order valence-corrected chi connectivity index (χ2v) is 13.2.